The number of amides is 1. The molecule has 1 N–H and O–H groups in total. The van der Waals surface area contributed by atoms with Gasteiger partial charge in [-0.15, -0.1) is 0 Å². The second-order valence-electron chi connectivity index (χ2n) is 6.37. The molecule has 0 bridgehead atoms. The van der Waals surface area contributed by atoms with Crippen molar-refractivity contribution in [2.45, 2.75) is 26.0 Å². The van der Waals surface area contributed by atoms with E-state index in [4.69, 9.17) is 4.52 Å². The summed E-state index contributed by atoms with van der Waals surface area (Å²) in [4.78, 5) is 16.3. The van der Waals surface area contributed by atoms with Crippen LogP contribution < -0.4 is 0 Å². The van der Waals surface area contributed by atoms with Crippen molar-refractivity contribution in [1.82, 2.24) is 15.0 Å². The maximum atomic E-state index is 13.2. The number of carbonyl (C=O) groups is 1. The predicted octanol–water partition coefficient (Wildman–Crippen LogP) is 1.89. The first kappa shape index (κ1) is 17.6. The average molecular weight is 347 g/mol. The molecule has 3 rings (SSSR count). The first-order valence-electron chi connectivity index (χ1n) is 8.37. The number of aliphatic hydroxyl groups excluding tert-OH is 1. The third kappa shape index (κ3) is 4.64. The number of benzene rings is 1. The second-order valence-corrected chi connectivity index (χ2v) is 6.37. The second kappa shape index (κ2) is 7.76. The Morgan fingerprint density at radius 3 is 2.72 bits per heavy atom. The summed E-state index contributed by atoms with van der Waals surface area (Å²) in [6, 6.07) is 7.64. The zero-order valence-corrected chi connectivity index (χ0v) is 14.2. The highest BCUT2D eigenvalue weighted by molar-refractivity contribution is 5.77. The molecule has 1 aliphatic heterocycles. The maximum Gasteiger partial charge on any atom is 0.225 e. The van der Waals surface area contributed by atoms with E-state index >= 15 is 0 Å². The first-order chi connectivity index (χ1) is 12.0. The Morgan fingerprint density at radius 2 is 2.08 bits per heavy atom. The number of halogens is 1. The smallest absolute Gasteiger partial charge is 0.225 e. The lowest BCUT2D eigenvalue weighted by atomic mass is 10.1. The van der Waals surface area contributed by atoms with E-state index < -0.39 is 11.9 Å². The molecule has 1 atom stereocenters. The van der Waals surface area contributed by atoms with Crippen molar-refractivity contribution in [1.29, 1.82) is 0 Å². The molecule has 0 radical (unpaired) electrons. The van der Waals surface area contributed by atoms with Crippen LogP contribution in [0.5, 0.6) is 0 Å². The van der Waals surface area contributed by atoms with Crippen LogP contribution in [-0.2, 0) is 11.3 Å². The van der Waals surface area contributed by atoms with Crippen molar-refractivity contribution < 1.29 is 18.8 Å². The van der Waals surface area contributed by atoms with Crippen molar-refractivity contribution in [3.8, 4) is 0 Å². The van der Waals surface area contributed by atoms with E-state index in [-0.39, 0.29) is 12.3 Å². The van der Waals surface area contributed by atoms with Crippen molar-refractivity contribution in [3.05, 3.63) is 53.2 Å². The van der Waals surface area contributed by atoms with Gasteiger partial charge in [-0.05, 0) is 24.6 Å². The monoisotopic (exact) mass is 347 g/mol. The predicted molar refractivity (Wildman–Crippen MR) is 89.1 cm³/mol. The van der Waals surface area contributed by atoms with Crippen LogP contribution in [0, 0.1) is 12.7 Å². The molecule has 1 amide bonds. The summed E-state index contributed by atoms with van der Waals surface area (Å²) in [5.41, 5.74) is 1.28. The van der Waals surface area contributed by atoms with Gasteiger partial charge in [-0.2, -0.15) is 0 Å². The van der Waals surface area contributed by atoms with Gasteiger partial charge in [-0.25, -0.2) is 4.39 Å². The Morgan fingerprint density at radius 1 is 1.32 bits per heavy atom. The fourth-order valence-corrected chi connectivity index (χ4v) is 2.99. The largest absolute Gasteiger partial charge is 0.388 e. The Kier molecular flexibility index (Phi) is 5.45. The van der Waals surface area contributed by atoms with Gasteiger partial charge in [0.1, 0.15) is 5.82 Å². The van der Waals surface area contributed by atoms with Gasteiger partial charge < -0.3 is 14.5 Å². The van der Waals surface area contributed by atoms with E-state index in [2.05, 4.69) is 10.1 Å². The SMILES string of the molecule is Cc1cc(CN2CCN(C(=O)CC(O)c3cccc(F)c3)CC2)on1. The minimum absolute atomic E-state index is 0.0370. The van der Waals surface area contributed by atoms with E-state index in [0.29, 0.717) is 25.2 Å². The summed E-state index contributed by atoms with van der Waals surface area (Å²) in [5.74, 6) is 0.283. The van der Waals surface area contributed by atoms with Gasteiger partial charge in [0.2, 0.25) is 5.91 Å². The summed E-state index contributed by atoms with van der Waals surface area (Å²) in [5, 5.41) is 14.0. The summed E-state index contributed by atoms with van der Waals surface area (Å²) in [7, 11) is 0. The summed E-state index contributed by atoms with van der Waals surface area (Å²) in [6.07, 6.45) is -1.02. The number of aliphatic hydroxyl groups is 1. The number of carbonyl (C=O) groups excluding carboxylic acids is 1. The molecule has 0 aliphatic carbocycles. The molecular weight excluding hydrogens is 325 g/mol. The standard InChI is InChI=1S/C18H22FN3O3/c1-13-9-16(25-20-13)12-21-5-7-22(8-6-21)18(24)11-17(23)14-3-2-4-15(19)10-14/h2-4,9-10,17,23H,5-8,11-12H2,1H3. The van der Waals surface area contributed by atoms with Gasteiger partial charge in [0.05, 0.1) is 24.8 Å². The molecular formula is C18H22FN3O3. The lowest BCUT2D eigenvalue weighted by Crippen LogP contribution is -2.48. The summed E-state index contributed by atoms with van der Waals surface area (Å²) >= 11 is 0. The average Bonchev–Trinajstić information content (AvgIpc) is 3.00. The van der Waals surface area contributed by atoms with Gasteiger partial charge in [-0.3, -0.25) is 9.69 Å². The van der Waals surface area contributed by atoms with Gasteiger partial charge in [0.15, 0.2) is 5.76 Å². The van der Waals surface area contributed by atoms with Crippen molar-refractivity contribution >= 4 is 5.91 Å². The van der Waals surface area contributed by atoms with Gasteiger partial charge in [-0.1, -0.05) is 17.3 Å². The fourth-order valence-electron chi connectivity index (χ4n) is 2.99. The van der Waals surface area contributed by atoms with E-state index in [0.717, 1.165) is 24.5 Å². The highest BCUT2D eigenvalue weighted by atomic mass is 19.1. The molecule has 0 spiro atoms. The minimum atomic E-state index is -0.988. The van der Waals surface area contributed by atoms with Crippen LogP contribution in [-0.4, -0.2) is 52.1 Å². The number of hydrogen-bond acceptors (Lipinski definition) is 5. The minimum Gasteiger partial charge on any atom is -0.388 e. The third-order valence-corrected chi connectivity index (χ3v) is 4.38. The lowest BCUT2D eigenvalue weighted by Gasteiger charge is -2.34. The van der Waals surface area contributed by atoms with E-state index in [1.54, 1.807) is 11.0 Å². The molecule has 1 unspecified atom stereocenters. The fraction of sp³-hybridized carbons (Fsp3) is 0.444. The number of nitrogens with zero attached hydrogens (tertiary/aromatic N) is 3. The molecule has 6 nitrogen and oxygen atoms in total. The number of aryl methyl sites for hydroxylation is 1. The van der Waals surface area contributed by atoms with Crippen LogP contribution in [0.2, 0.25) is 0 Å². The molecule has 1 fully saturated rings. The van der Waals surface area contributed by atoms with E-state index in [1.807, 2.05) is 13.0 Å². The molecule has 134 valence electrons. The van der Waals surface area contributed by atoms with Crippen LogP contribution in [0.4, 0.5) is 4.39 Å². The molecule has 1 saturated heterocycles. The van der Waals surface area contributed by atoms with Crippen LogP contribution in [0.15, 0.2) is 34.9 Å². The molecule has 1 aliphatic rings. The summed E-state index contributed by atoms with van der Waals surface area (Å²) in [6.45, 7) is 5.23. The molecule has 25 heavy (non-hydrogen) atoms. The van der Waals surface area contributed by atoms with Gasteiger partial charge in [0.25, 0.3) is 0 Å². The first-order valence-corrected chi connectivity index (χ1v) is 8.37. The van der Waals surface area contributed by atoms with Crippen molar-refractivity contribution in [3.63, 3.8) is 0 Å². The maximum absolute atomic E-state index is 13.2. The molecule has 7 heteroatoms. The third-order valence-electron chi connectivity index (χ3n) is 4.38. The van der Waals surface area contributed by atoms with Crippen LogP contribution in [0.3, 0.4) is 0 Å². The zero-order chi connectivity index (χ0) is 17.8. The van der Waals surface area contributed by atoms with E-state index in [1.165, 1.54) is 18.2 Å². The van der Waals surface area contributed by atoms with Crippen LogP contribution in [0.25, 0.3) is 0 Å². The normalized spacial score (nSPS) is 16.8. The lowest BCUT2D eigenvalue weighted by molar-refractivity contribution is -0.135. The van der Waals surface area contributed by atoms with Crippen LogP contribution in [0.1, 0.15) is 29.5 Å². The van der Waals surface area contributed by atoms with Gasteiger partial charge in [0, 0.05) is 32.2 Å². The molecule has 1 aromatic heterocycles. The summed E-state index contributed by atoms with van der Waals surface area (Å²) < 4.78 is 18.4. The Hall–Kier alpha value is -2.25. The topological polar surface area (TPSA) is 69.8 Å². The zero-order valence-electron chi connectivity index (χ0n) is 14.2. The quantitative estimate of drug-likeness (QED) is 0.894. The van der Waals surface area contributed by atoms with Crippen molar-refractivity contribution in [2.24, 2.45) is 0 Å². The Labute approximate surface area is 145 Å². The molecule has 2 aromatic rings. The Balaban J connectivity index is 1.48. The molecule has 1 aromatic carbocycles. The van der Waals surface area contributed by atoms with Gasteiger partial charge >= 0.3 is 0 Å². The highest BCUT2D eigenvalue weighted by Crippen LogP contribution is 2.19. The number of hydrogen-bond donors (Lipinski definition) is 1. The number of piperazine rings is 1. The van der Waals surface area contributed by atoms with E-state index in [9.17, 15) is 14.3 Å². The highest BCUT2D eigenvalue weighted by Gasteiger charge is 2.24. The number of aromatic nitrogens is 1. The van der Waals surface area contributed by atoms with Crippen LogP contribution >= 0.6 is 0 Å². The van der Waals surface area contributed by atoms with Crippen molar-refractivity contribution in [2.75, 3.05) is 26.2 Å². The Bertz CT molecular complexity index is 726. The molecule has 0 saturated carbocycles. The molecule has 2 heterocycles. The number of rotatable bonds is 5.